The van der Waals surface area contributed by atoms with Gasteiger partial charge in [0.1, 0.15) is 0 Å². The molecule has 1 rings (SSSR count). The van der Waals surface area contributed by atoms with E-state index in [2.05, 4.69) is 17.7 Å². The van der Waals surface area contributed by atoms with Gasteiger partial charge in [0.25, 0.3) is 0 Å². The van der Waals surface area contributed by atoms with Gasteiger partial charge in [-0.25, -0.2) is 12.7 Å². The lowest BCUT2D eigenvalue weighted by atomic mass is 9.75. The third-order valence-electron chi connectivity index (χ3n) is 2.72. The van der Waals surface area contributed by atoms with Crippen molar-refractivity contribution in [1.29, 1.82) is 0 Å². The van der Waals surface area contributed by atoms with Gasteiger partial charge in [0.05, 0.1) is 17.8 Å². The molecule has 0 aromatic carbocycles. The van der Waals surface area contributed by atoms with Crippen molar-refractivity contribution < 1.29 is 18.2 Å². The number of hydrogen-bond acceptors (Lipinski definition) is 6. The Morgan fingerprint density at radius 1 is 1.55 bits per heavy atom. The van der Waals surface area contributed by atoms with Gasteiger partial charge in [-0.1, -0.05) is 26.7 Å². The number of hydrazone groups is 1. The molecule has 1 atom stereocenters. The van der Waals surface area contributed by atoms with Gasteiger partial charge in [-0.15, -0.1) is 12.6 Å². The van der Waals surface area contributed by atoms with Gasteiger partial charge in [0.15, 0.2) is 0 Å². The molecule has 1 heterocycles. The highest BCUT2D eigenvalue weighted by atomic mass is 32.2. The standard InChI is InChI=1S/C11H21BN2O4S2/c1-9(19)18-5-6-20(16,17)14-12(15)7-10(8-13-14)11(2,3)4/h7-9,15,19H,5-6H2,1-4H3. The van der Waals surface area contributed by atoms with Crippen molar-refractivity contribution in [3.05, 3.63) is 11.5 Å². The summed E-state index contributed by atoms with van der Waals surface area (Å²) in [6.45, 7) is 7.58. The van der Waals surface area contributed by atoms with E-state index < -0.39 is 17.1 Å². The Hall–Kier alpha value is -0.505. The van der Waals surface area contributed by atoms with Crippen LogP contribution < -0.4 is 0 Å². The fourth-order valence-corrected chi connectivity index (χ4v) is 2.73. The van der Waals surface area contributed by atoms with Crippen LogP contribution in [0.2, 0.25) is 0 Å². The van der Waals surface area contributed by atoms with E-state index in [1.165, 1.54) is 12.2 Å². The third kappa shape index (κ3) is 4.80. The Kier molecular flexibility index (Phi) is 5.71. The van der Waals surface area contributed by atoms with Crippen LogP contribution in [0.5, 0.6) is 0 Å². The average Bonchev–Trinajstić information content (AvgIpc) is 2.26. The zero-order chi connectivity index (χ0) is 15.6. The molecule has 0 amide bonds. The van der Waals surface area contributed by atoms with Gasteiger partial charge < -0.3 is 9.76 Å². The first-order valence-electron chi connectivity index (χ1n) is 6.30. The van der Waals surface area contributed by atoms with E-state index in [0.29, 0.717) is 4.33 Å². The molecule has 9 heteroatoms. The fraction of sp³-hybridized carbons (Fsp3) is 0.727. The molecule has 1 N–H and O–H groups in total. The van der Waals surface area contributed by atoms with Crippen molar-refractivity contribution in [2.75, 3.05) is 12.4 Å². The number of thiol groups is 1. The molecule has 0 aliphatic carbocycles. The predicted molar refractivity (Wildman–Crippen MR) is 84.0 cm³/mol. The molecular weight excluding hydrogens is 299 g/mol. The molecule has 6 nitrogen and oxygen atoms in total. The Morgan fingerprint density at radius 2 is 2.15 bits per heavy atom. The summed E-state index contributed by atoms with van der Waals surface area (Å²) in [5, 5.41) is 13.8. The summed E-state index contributed by atoms with van der Waals surface area (Å²) in [7, 11) is -5.00. The highest BCUT2D eigenvalue weighted by Crippen LogP contribution is 2.26. The summed E-state index contributed by atoms with van der Waals surface area (Å²) in [4.78, 5) is 0. The van der Waals surface area contributed by atoms with Crippen molar-refractivity contribution in [2.45, 2.75) is 33.1 Å². The number of nitrogens with zero attached hydrogens (tertiary/aromatic N) is 2. The van der Waals surface area contributed by atoms with Crippen LogP contribution in [0.25, 0.3) is 0 Å². The van der Waals surface area contributed by atoms with Crippen molar-refractivity contribution in [1.82, 2.24) is 4.33 Å². The third-order valence-corrected chi connectivity index (χ3v) is 4.43. The maximum Gasteiger partial charge on any atom is 0.476 e. The van der Waals surface area contributed by atoms with E-state index in [1.54, 1.807) is 6.92 Å². The smallest absolute Gasteiger partial charge is 0.427 e. The Bertz CT molecular complexity index is 497. The van der Waals surface area contributed by atoms with Gasteiger partial charge in [-0.2, -0.15) is 5.10 Å². The molecule has 1 unspecified atom stereocenters. The van der Waals surface area contributed by atoms with Crippen molar-refractivity contribution >= 4 is 35.9 Å². The lowest BCUT2D eigenvalue weighted by molar-refractivity contribution is 0.139. The zero-order valence-electron chi connectivity index (χ0n) is 12.1. The number of ether oxygens (including phenoxy) is 1. The maximum absolute atomic E-state index is 12.1. The van der Waals surface area contributed by atoms with Crippen molar-refractivity contribution in [2.24, 2.45) is 10.5 Å². The molecule has 0 spiro atoms. The summed E-state index contributed by atoms with van der Waals surface area (Å²) in [5.74, 6) is 1.23. The van der Waals surface area contributed by atoms with Crippen molar-refractivity contribution in [3.8, 4) is 0 Å². The summed E-state index contributed by atoms with van der Waals surface area (Å²) in [6, 6.07) is 0. The highest BCUT2D eigenvalue weighted by molar-refractivity contribution is 7.90. The summed E-state index contributed by atoms with van der Waals surface area (Å²) in [5.41, 5.74) is 0.245. The fourth-order valence-electron chi connectivity index (χ4n) is 1.55. The molecule has 114 valence electrons. The van der Waals surface area contributed by atoms with Gasteiger partial charge in [-0.05, 0) is 17.9 Å². The predicted octanol–water partition coefficient (Wildman–Crippen LogP) is 0.902. The molecule has 0 saturated heterocycles. The summed E-state index contributed by atoms with van der Waals surface area (Å²) in [6.07, 6.45) is 1.46. The Labute approximate surface area is 126 Å². The minimum atomic E-state index is -3.72. The number of rotatable bonds is 5. The first kappa shape index (κ1) is 17.5. The minimum absolute atomic E-state index is 0.00157. The lowest BCUT2D eigenvalue weighted by Gasteiger charge is -2.28. The van der Waals surface area contributed by atoms with E-state index in [9.17, 15) is 13.4 Å². The molecule has 0 aromatic rings. The van der Waals surface area contributed by atoms with E-state index in [1.807, 2.05) is 20.8 Å². The molecule has 20 heavy (non-hydrogen) atoms. The summed E-state index contributed by atoms with van der Waals surface area (Å²) >= 11 is 4.00. The molecule has 0 bridgehead atoms. The second-order valence-corrected chi connectivity index (χ2v) is 8.26. The van der Waals surface area contributed by atoms with Crippen LogP contribution in [0.1, 0.15) is 27.7 Å². The van der Waals surface area contributed by atoms with E-state index in [4.69, 9.17) is 4.74 Å². The second-order valence-electron chi connectivity index (χ2n) is 5.59. The molecule has 1 aliphatic rings. The quantitative estimate of drug-likeness (QED) is 0.448. The molecule has 0 fully saturated rings. The Balaban J connectivity index is 2.75. The zero-order valence-corrected chi connectivity index (χ0v) is 13.9. The minimum Gasteiger partial charge on any atom is -0.427 e. The molecule has 1 aliphatic heterocycles. The lowest BCUT2D eigenvalue weighted by Crippen LogP contribution is -2.44. The number of allylic oxidation sites excluding steroid dienone is 1. The van der Waals surface area contributed by atoms with Crippen LogP contribution in [0.15, 0.2) is 16.6 Å². The van der Waals surface area contributed by atoms with Crippen LogP contribution >= 0.6 is 12.6 Å². The first-order valence-corrected chi connectivity index (χ1v) is 8.43. The van der Waals surface area contributed by atoms with E-state index in [0.717, 1.165) is 5.57 Å². The monoisotopic (exact) mass is 320 g/mol. The largest absolute Gasteiger partial charge is 0.476 e. The molecule has 0 radical (unpaired) electrons. The van der Waals surface area contributed by atoms with Gasteiger partial charge in [0.2, 0.25) is 10.0 Å². The topological polar surface area (TPSA) is 79.2 Å². The van der Waals surface area contributed by atoms with E-state index in [-0.39, 0.29) is 23.2 Å². The van der Waals surface area contributed by atoms with Gasteiger partial charge >= 0.3 is 7.05 Å². The van der Waals surface area contributed by atoms with Crippen LogP contribution in [0.4, 0.5) is 0 Å². The number of sulfonamides is 1. The van der Waals surface area contributed by atoms with Gasteiger partial charge in [-0.3, -0.25) is 0 Å². The average molecular weight is 320 g/mol. The molecule has 0 saturated carbocycles. The molecular formula is C11H21BN2O4S2. The van der Waals surface area contributed by atoms with Crippen molar-refractivity contribution in [3.63, 3.8) is 0 Å². The number of hydrogen-bond donors (Lipinski definition) is 2. The van der Waals surface area contributed by atoms with Crippen LogP contribution in [-0.2, 0) is 14.8 Å². The Morgan fingerprint density at radius 3 is 2.60 bits per heavy atom. The van der Waals surface area contributed by atoms with Gasteiger partial charge in [0, 0.05) is 6.21 Å². The van der Waals surface area contributed by atoms with Crippen LogP contribution in [-0.4, -0.2) is 48.8 Å². The van der Waals surface area contributed by atoms with Crippen LogP contribution in [0.3, 0.4) is 0 Å². The highest BCUT2D eigenvalue weighted by Gasteiger charge is 2.34. The second kappa shape index (κ2) is 6.51. The normalized spacial score (nSPS) is 18.2. The maximum atomic E-state index is 12.1. The van der Waals surface area contributed by atoms with Crippen LogP contribution in [0, 0.1) is 5.41 Å². The summed E-state index contributed by atoms with van der Waals surface area (Å²) < 4.78 is 29.9. The first-order chi connectivity index (χ1) is 9.04. The molecule has 0 aromatic heterocycles. The SMILES string of the molecule is CC(S)OCCS(=O)(=O)N1N=CC(C(C)(C)C)=CB1O. The van der Waals surface area contributed by atoms with E-state index >= 15 is 0 Å².